The van der Waals surface area contributed by atoms with Crippen molar-refractivity contribution in [2.45, 2.75) is 19.3 Å². The van der Waals surface area contributed by atoms with Crippen LogP contribution in [0.4, 0.5) is 0 Å². The minimum Gasteiger partial charge on any atom is -0.344 e. The SMILES string of the molecule is N.N.O=[P+]1OCCCCCO1. The van der Waals surface area contributed by atoms with Crippen LogP contribution in [0.5, 0.6) is 0 Å². The molecule has 0 aromatic rings. The van der Waals surface area contributed by atoms with Crippen LogP contribution in [-0.2, 0) is 13.6 Å². The Morgan fingerprint density at radius 2 is 1.36 bits per heavy atom. The predicted octanol–water partition coefficient (Wildman–Crippen LogP) is 2.18. The van der Waals surface area contributed by atoms with Crippen molar-refractivity contribution in [1.29, 1.82) is 0 Å². The van der Waals surface area contributed by atoms with Crippen molar-refractivity contribution in [2.75, 3.05) is 13.2 Å². The van der Waals surface area contributed by atoms with Crippen LogP contribution in [0.3, 0.4) is 0 Å². The Morgan fingerprint density at radius 3 is 1.82 bits per heavy atom. The molecule has 0 aliphatic carbocycles. The molecule has 68 valence electrons. The molecule has 6 N–H and O–H groups in total. The fourth-order valence-corrected chi connectivity index (χ4v) is 1.33. The smallest absolute Gasteiger partial charge is 0.344 e. The summed E-state index contributed by atoms with van der Waals surface area (Å²) in [6.07, 6.45) is 3.12. The highest BCUT2D eigenvalue weighted by molar-refractivity contribution is 7.33. The number of hydrogen-bond donors (Lipinski definition) is 2. The average Bonchev–Trinajstić information content (AvgIpc) is 1.79. The molecule has 1 aliphatic rings. The molecule has 1 aliphatic heterocycles. The third kappa shape index (κ3) is 6.34. The van der Waals surface area contributed by atoms with Gasteiger partial charge < -0.3 is 12.3 Å². The van der Waals surface area contributed by atoms with Crippen molar-refractivity contribution in [2.24, 2.45) is 0 Å². The Hall–Kier alpha value is -0.0600. The fourth-order valence-electron chi connectivity index (χ4n) is 0.696. The van der Waals surface area contributed by atoms with E-state index in [4.69, 9.17) is 9.05 Å². The Morgan fingerprint density at radius 1 is 0.909 bits per heavy atom. The van der Waals surface area contributed by atoms with Gasteiger partial charge in [-0.05, 0) is 19.3 Å². The summed E-state index contributed by atoms with van der Waals surface area (Å²) in [5, 5.41) is 0. The second kappa shape index (κ2) is 8.04. The van der Waals surface area contributed by atoms with Gasteiger partial charge >= 0.3 is 8.25 Å². The first kappa shape index (κ1) is 13.5. The molecule has 0 amide bonds. The molecule has 0 atom stereocenters. The molecule has 1 heterocycles. The number of rotatable bonds is 0. The van der Waals surface area contributed by atoms with E-state index < -0.39 is 8.25 Å². The molecule has 0 spiro atoms. The van der Waals surface area contributed by atoms with Gasteiger partial charge in [0.25, 0.3) is 0 Å². The van der Waals surface area contributed by atoms with Gasteiger partial charge in [0.05, 0.1) is 0 Å². The standard InChI is InChI=1S/C5H10O3P.2H3N/c6-9-7-4-2-1-3-5-8-9;;/h1-5H2;2*1H3/q+1;;. The first-order valence-corrected chi connectivity index (χ1v) is 4.22. The maximum atomic E-state index is 10.5. The topological polar surface area (TPSA) is 106 Å². The summed E-state index contributed by atoms with van der Waals surface area (Å²) in [7, 11) is -1.79. The maximum absolute atomic E-state index is 10.5. The lowest BCUT2D eigenvalue weighted by molar-refractivity contribution is 0.198. The van der Waals surface area contributed by atoms with Crippen LogP contribution < -0.4 is 12.3 Å². The van der Waals surface area contributed by atoms with E-state index in [0.717, 1.165) is 19.3 Å². The summed E-state index contributed by atoms with van der Waals surface area (Å²) in [5.74, 6) is 0. The highest BCUT2D eigenvalue weighted by Crippen LogP contribution is 2.26. The van der Waals surface area contributed by atoms with E-state index in [9.17, 15) is 4.57 Å². The van der Waals surface area contributed by atoms with E-state index in [1.54, 1.807) is 0 Å². The zero-order valence-electron chi connectivity index (χ0n) is 6.62. The van der Waals surface area contributed by atoms with Crippen LogP contribution in [0.1, 0.15) is 19.3 Å². The van der Waals surface area contributed by atoms with Crippen LogP contribution in [-0.4, -0.2) is 13.2 Å². The quantitative estimate of drug-likeness (QED) is 0.560. The fraction of sp³-hybridized carbons (Fsp3) is 1.00. The Bertz CT molecular complexity index is 102. The van der Waals surface area contributed by atoms with E-state index in [1.165, 1.54) is 0 Å². The van der Waals surface area contributed by atoms with Crippen molar-refractivity contribution in [3.05, 3.63) is 0 Å². The van der Waals surface area contributed by atoms with Gasteiger partial charge in [-0.1, -0.05) is 0 Å². The second-order valence-electron chi connectivity index (χ2n) is 1.95. The summed E-state index contributed by atoms with van der Waals surface area (Å²) in [6, 6.07) is 0. The summed E-state index contributed by atoms with van der Waals surface area (Å²) < 4.78 is 20.1. The Labute approximate surface area is 67.6 Å². The molecule has 1 fully saturated rings. The third-order valence-electron chi connectivity index (χ3n) is 1.18. The molecule has 5 nitrogen and oxygen atoms in total. The van der Waals surface area contributed by atoms with Gasteiger partial charge in [-0.25, -0.2) is 0 Å². The van der Waals surface area contributed by atoms with Gasteiger partial charge in [-0.3, -0.25) is 0 Å². The van der Waals surface area contributed by atoms with E-state index >= 15 is 0 Å². The predicted molar refractivity (Wildman–Crippen MR) is 43.4 cm³/mol. The molecule has 0 saturated carbocycles. The van der Waals surface area contributed by atoms with Gasteiger partial charge in [0, 0.05) is 4.57 Å². The Kier molecular flexibility index (Phi) is 9.89. The zero-order valence-corrected chi connectivity index (χ0v) is 7.52. The molecule has 0 aromatic carbocycles. The molecule has 0 unspecified atom stereocenters. The molecule has 0 radical (unpaired) electrons. The molecular weight excluding hydrogens is 167 g/mol. The van der Waals surface area contributed by atoms with Crippen LogP contribution in [0.15, 0.2) is 0 Å². The minimum absolute atomic E-state index is 0. The molecule has 6 heteroatoms. The van der Waals surface area contributed by atoms with Gasteiger partial charge in [0.2, 0.25) is 0 Å². The zero-order chi connectivity index (χ0) is 6.53. The van der Waals surface area contributed by atoms with Crippen LogP contribution >= 0.6 is 8.25 Å². The van der Waals surface area contributed by atoms with E-state index in [-0.39, 0.29) is 12.3 Å². The molecule has 1 saturated heterocycles. The second-order valence-corrected chi connectivity index (χ2v) is 2.91. The summed E-state index contributed by atoms with van der Waals surface area (Å²) in [6.45, 7) is 1.16. The van der Waals surface area contributed by atoms with Gasteiger partial charge in [0.1, 0.15) is 13.2 Å². The lowest BCUT2D eigenvalue weighted by Gasteiger charge is -1.97. The third-order valence-corrected chi connectivity index (χ3v) is 1.97. The summed E-state index contributed by atoms with van der Waals surface area (Å²) >= 11 is 0. The van der Waals surface area contributed by atoms with Crippen molar-refractivity contribution in [3.63, 3.8) is 0 Å². The highest BCUT2D eigenvalue weighted by atomic mass is 31.1. The molecule has 1 rings (SSSR count). The van der Waals surface area contributed by atoms with Crippen molar-refractivity contribution in [1.82, 2.24) is 12.3 Å². The highest BCUT2D eigenvalue weighted by Gasteiger charge is 2.20. The van der Waals surface area contributed by atoms with E-state index in [2.05, 4.69) is 0 Å². The monoisotopic (exact) mass is 183 g/mol. The summed E-state index contributed by atoms with van der Waals surface area (Å²) in [4.78, 5) is 0. The van der Waals surface area contributed by atoms with Gasteiger partial charge in [0.15, 0.2) is 0 Å². The normalized spacial score (nSPS) is 18.7. The van der Waals surface area contributed by atoms with Gasteiger partial charge in [-0.15, -0.1) is 9.05 Å². The van der Waals surface area contributed by atoms with Crippen molar-refractivity contribution in [3.8, 4) is 0 Å². The molecular formula is C5H16N2O3P+. The molecule has 11 heavy (non-hydrogen) atoms. The average molecular weight is 183 g/mol. The largest absolute Gasteiger partial charge is 0.697 e. The minimum atomic E-state index is -1.79. The van der Waals surface area contributed by atoms with Crippen LogP contribution in [0.25, 0.3) is 0 Å². The van der Waals surface area contributed by atoms with Crippen LogP contribution in [0.2, 0.25) is 0 Å². The van der Waals surface area contributed by atoms with Crippen LogP contribution in [0, 0.1) is 0 Å². The van der Waals surface area contributed by atoms with E-state index in [0.29, 0.717) is 13.2 Å². The molecule has 0 aromatic heterocycles. The first-order valence-electron chi connectivity index (χ1n) is 3.13. The lowest BCUT2D eigenvalue weighted by atomic mass is 10.2. The van der Waals surface area contributed by atoms with E-state index in [1.807, 2.05) is 0 Å². The number of hydrogen-bond acceptors (Lipinski definition) is 5. The van der Waals surface area contributed by atoms with Crippen molar-refractivity contribution < 1.29 is 13.6 Å². The summed E-state index contributed by atoms with van der Waals surface area (Å²) in [5.41, 5.74) is 0. The maximum Gasteiger partial charge on any atom is 0.697 e. The molecule has 0 bridgehead atoms. The lowest BCUT2D eigenvalue weighted by Crippen LogP contribution is -1.96. The first-order chi connectivity index (χ1) is 4.39. The Balaban J connectivity index is 0. The van der Waals surface area contributed by atoms with Gasteiger partial charge in [-0.2, -0.15) is 0 Å². The van der Waals surface area contributed by atoms with Crippen molar-refractivity contribution >= 4 is 8.25 Å².